The molecule has 0 saturated heterocycles. The highest BCUT2D eigenvalue weighted by Crippen LogP contribution is 2.41. The second kappa shape index (κ2) is 7.06. The van der Waals surface area contributed by atoms with Crippen LogP contribution in [0.25, 0.3) is 21.0 Å². The molecule has 0 atom stereocenters. The largest absolute Gasteiger partial charge is 0.268 e. The molecule has 29 heavy (non-hydrogen) atoms. The van der Waals surface area contributed by atoms with Crippen molar-refractivity contribution in [2.75, 3.05) is 0 Å². The Morgan fingerprint density at radius 3 is 2.41 bits per heavy atom. The maximum atomic E-state index is 13.3. The van der Waals surface area contributed by atoms with E-state index in [-0.39, 0.29) is 0 Å². The van der Waals surface area contributed by atoms with Crippen molar-refractivity contribution in [1.82, 2.24) is 3.97 Å². The third kappa shape index (κ3) is 3.27. The van der Waals surface area contributed by atoms with E-state index in [1.54, 1.807) is 41.4 Å². The standard InChI is InChI=1S/C23H17NO2S3/c1-16-10-12-18(13-11-16)29(25,26)24-15-22(19-7-3-4-8-20(19)24)28-23-14-17-6-2-5-9-21(17)27-23/h2-15H,1H3. The maximum absolute atomic E-state index is 13.3. The molecule has 0 amide bonds. The minimum Gasteiger partial charge on any atom is -0.240 e. The Labute approximate surface area is 177 Å². The fraction of sp³-hybridized carbons (Fsp3) is 0.0435. The van der Waals surface area contributed by atoms with Crippen molar-refractivity contribution in [3.8, 4) is 0 Å². The molecule has 144 valence electrons. The van der Waals surface area contributed by atoms with Crippen molar-refractivity contribution >= 4 is 54.1 Å². The number of rotatable bonds is 4. The van der Waals surface area contributed by atoms with Gasteiger partial charge in [0.2, 0.25) is 0 Å². The van der Waals surface area contributed by atoms with Crippen LogP contribution in [0.4, 0.5) is 0 Å². The second-order valence-corrected chi connectivity index (χ2v) is 11.1. The fourth-order valence-electron chi connectivity index (χ4n) is 3.34. The van der Waals surface area contributed by atoms with E-state index in [1.165, 1.54) is 14.1 Å². The highest BCUT2D eigenvalue weighted by Gasteiger charge is 2.21. The predicted octanol–water partition coefficient (Wildman–Crippen LogP) is 6.55. The van der Waals surface area contributed by atoms with Crippen LogP contribution in [-0.2, 0) is 10.0 Å². The van der Waals surface area contributed by atoms with E-state index in [9.17, 15) is 8.42 Å². The first kappa shape index (κ1) is 18.5. The predicted molar refractivity (Wildman–Crippen MR) is 122 cm³/mol. The Bertz CT molecular complexity index is 1410. The highest BCUT2D eigenvalue weighted by atomic mass is 32.2. The molecule has 5 aromatic rings. The van der Waals surface area contributed by atoms with Crippen LogP contribution in [0.3, 0.4) is 0 Å². The lowest BCUT2D eigenvalue weighted by Crippen LogP contribution is -2.11. The van der Waals surface area contributed by atoms with E-state index in [2.05, 4.69) is 18.2 Å². The van der Waals surface area contributed by atoms with Crippen molar-refractivity contribution in [3.63, 3.8) is 0 Å². The lowest BCUT2D eigenvalue weighted by atomic mass is 10.2. The summed E-state index contributed by atoms with van der Waals surface area (Å²) < 4.78 is 30.4. The first-order chi connectivity index (χ1) is 14.0. The van der Waals surface area contributed by atoms with Gasteiger partial charge in [0, 0.05) is 21.2 Å². The van der Waals surface area contributed by atoms with Crippen LogP contribution in [0.15, 0.2) is 99.1 Å². The number of thiophene rings is 1. The molecular weight excluding hydrogens is 418 g/mol. The number of hydrogen-bond acceptors (Lipinski definition) is 4. The Morgan fingerprint density at radius 2 is 1.62 bits per heavy atom. The van der Waals surface area contributed by atoms with Crippen molar-refractivity contribution in [2.45, 2.75) is 20.9 Å². The van der Waals surface area contributed by atoms with Crippen LogP contribution < -0.4 is 0 Å². The zero-order valence-electron chi connectivity index (χ0n) is 15.6. The third-order valence-electron chi connectivity index (χ3n) is 4.83. The average molecular weight is 436 g/mol. The van der Waals surface area contributed by atoms with E-state index in [0.29, 0.717) is 10.4 Å². The molecule has 0 fully saturated rings. The molecule has 3 aromatic carbocycles. The summed E-state index contributed by atoms with van der Waals surface area (Å²) >= 11 is 3.33. The van der Waals surface area contributed by atoms with Crippen LogP contribution in [-0.4, -0.2) is 12.4 Å². The van der Waals surface area contributed by atoms with E-state index in [4.69, 9.17) is 0 Å². The zero-order valence-corrected chi connectivity index (χ0v) is 18.0. The normalized spacial score (nSPS) is 12.0. The summed E-state index contributed by atoms with van der Waals surface area (Å²) in [6.07, 6.45) is 1.74. The minimum absolute atomic E-state index is 0.294. The van der Waals surface area contributed by atoms with Gasteiger partial charge in [-0.25, -0.2) is 12.4 Å². The second-order valence-electron chi connectivity index (χ2n) is 6.83. The topological polar surface area (TPSA) is 39.1 Å². The molecule has 5 rings (SSSR count). The van der Waals surface area contributed by atoms with Crippen molar-refractivity contribution in [2.24, 2.45) is 0 Å². The first-order valence-corrected chi connectivity index (χ1v) is 12.2. The van der Waals surface area contributed by atoms with Gasteiger partial charge in [0.05, 0.1) is 14.6 Å². The van der Waals surface area contributed by atoms with Crippen LogP contribution in [0.5, 0.6) is 0 Å². The molecular formula is C23H17NO2S3. The lowest BCUT2D eigenvalue weighted by molar-refractivity contribution is 0.589. The Balaban J connectivity index is 1.63. The Hall–Kier alpha value is -2.54. The third-order valence-corrected chi connectivity index (χ3v) is 8.80. The van der Waals surface area contributed by atoms with Gasteiger partial charge in [-0.3, -0.25) is 0 Å². The highest BCUT2D eigenvalue weighted by molar-refractivity contribution is 8.01. The van der Waals surface area contributed by atoms with Gasteiger partial charge in [-0.05, 0) is 42.6 Å². The van der Waals surface area contributed by atoms with E-state index in [1.807, 2.05) is 55.5 Å². The van der Waals surface area contributed by atoms with Gasteiger partial charge in [0.25, 0.3) is 10.0 Å². The van der Waals surface area contributed by atoms with Gasteiger partial charge in [0.15, 0.2) is 0 Å². The molecule has 6 heteroatoms. The van der Waals surface area contributed by atoms with Crippen molar-refractivity contribution in [3.05, 3.63) is 90.6 Å². The molecule has 0 aliphatic heterocycles. The molecule has 0 aliphatic rings. The number of aromatic nitrogens is 1. The molecule has 3 nitrogen and oxygen atoms in total. The van der Waals surface area contributed by atoms with Gasteiger partial charge in [-0.15, -0.1) is 11.3 Å². The SMILES string of the molecule is Cc1ccc(S(=O)(=O)n2cc(Sc3cc4ccccc4s3)c3ccccc32)cc1. The molecule has 0 N–H and O–H groups in total. The molecule has 2 heterocycles. The Morgan fingerprint density at radius 1 is 0.897 bits per heavy atom. The average Bonchev–Trinajstić information content (AvgIpc) is 3.30. The molecule has 0 aliphatic carbocycles. The molecule has 0 bridgehead atoms. The molecule has 2 aromatic heterocycles. The maximum Gasteiger partial charge on any atom is 0.268 e. The van der Waals surface area contributed by atoms with Crippen molar-refractivity contribution < 1.29 is 8.42 Å². The number of benzene rings is 3. The van der Waals surface area contributed by atoms with E-state index < -0.39 is 10.0 Å². The Kier molecular flexibility index (Phi) is 4.50. The zero-order chi connectivity index (χ0) is 20.0. The monoisotopic (exact) mass is 435 g/mol. The van der Waals surface area contributed by atoms with Gasteiger partial charge in [-0.1, -0.05) is 65.9 Å². The van der Waals surface area contributed by atoms with Crippen LogP contribution in [0.1, 0.15) is 5.56 Å². The summed E-state index contributed by atoms with van der Waals surface area (Å²) in [7, 11) is -3.67. The van der Waals surface area contributed by atoms with Crippen LogP contribution >= 0.6 is 23.1 Å². The number of para-hydroxylation sites is 1. The van der Waals surface area contributed by atoms with E-state index >= 15 is 0 Å². The molecule has 0 unspecified atom stereocenters. The summed E-state index contributed by atoms with van der Waals surface area (Å²) in [6, 6.07) is 25.1. The van der Waals surface area contributed by atoms with Gasteiger partial charge in [0.1, 0.15) is 0 Å². The smallest absolute Gasteiger partial charge is 0.240 e. The number of nitrogens with zero attached hydrogens (tertiary/aromatic N) is 1. The van der Waals surface area contributed by atoms with Gasteiger partial charge >= 0.3 is 0 Å². The summed E-state index contributed by atoms with van der Waals surface area (Å²) in [6.45, 7) is 1.95. The van der Waals surface area contributed by atoms with Gasteiger partial charge < -0.3 is 0 Å². The molecule has 0 saturated carbocycles. The summed E-state index contributed by atoms with van der Waals surface area (Å²) in [5, 5.41) is 2.14. The van der Waals surface area contributed by atoms with E-state index in [0.717, 1.165) is 20.1 Å². The quantitative estimate of drug-likeness (QED) is 0.321. The summed E-state index contributed by atoms with van der Waals surface area (Å²) in [5.41, 5.74) is 1.72. The lowest BCUT2D eigenvalue weighted by Gasteiger charge is -2.07. The minimum atomic E-state index is -3.67. The van der Waals surface area contributed by atoms with Crippen LogP contribution in [0, 0.1) is 6.92 Å². The van der Waals surface area contributed by atoms with Crippen molar-refractivity contribution in [1.29, 1.82) is 0 Å². The summed E-state index contributed by atoms with van der Waals surface area (Å²) in [4.78, 5) is 1.23. The summed E-state index contributed by atoms with van der Waals surface area (Å²) in [5.74, 6) is 0. The fourth-order valence-corrected chi connectivity index (χ4v) is 7.12. The number of fused-ring (bicyclic) bond motifs is 2. The number of hydrogen-bond donors (Lipinski definition) is 0. The molecule has 0 radical (unpaired) electrons. The van der Waals surface area contributed by atoms with Crippen LogP contribution in [0.2, 0.25) is 0 Å². The van der Waals surface area contributed by atoms with Gasteiger partial charge in [-0.2, -0.15) is 0 Å². The number of aryl methyl sites for hydroxylation is 1. The molecule has 0 spiro atoms. The first-order valence-electron chi connectivity index (χ1n) is 9.11.